The second-order valence-electron chi connectivity index (χ2n) is 5.16. The molecule has 0 aliphatic carbocycles. The molecule has 0 bridgehead atoms. The van der Waals surface area contributed by atoms with Gasteiger partial charge < -0.3 is 9.47 Å². The number of ether oxygens (including phenoxy) is 2. The Morgan fingerprint density at radius 1 is 1.38 bits per heavy atom. The third-order valence-electron chi connectivity index (χ3n) is 3.48. The number of alkyl halides is 3. The van der Waals surface area contributed by atoms with Crippen molar-refractivity contribution in [2.75, 3.05) is 20.4 Å². The number of nitrogens with zero attached hydrogens (tertiary/aromatic N) is 2. The van der Waals surface area contributed by atoms with E-state index in [-0.39, 0.29) is 11.8 Å². The normalized spacial score (nSPS) is 13.2. The molecule has 0 saturated heterocycles. The second-order valence-corrected chi connectivity index (χ2v) is 6.21. The minimum atomic E-state index is -4.42. The van der Waals surface area contributed by atoms with Gasteiger partial charge in [0.25, 0.3) is 0 Å². The SMILES string of the molecule is CCC(CNCOc1ccc(-c2cc(C(F)(F)F)n(C)n2)s1)OC. The average Bonchev–Trinajstić information content (AvgIpc) is 3.13. The molecule has 0 amide bonds. The van der Waals surface area contributed by atoms with Crippen LogP contribution in [0.3, 0.4) is 0 Å². The van der Waals surface area contributed by atoms with E-state index in [9.17, 15) is 13.2 Å². The van der Waals surface area contributed by atoms with Crippen molar-refractivity contribution in [2.45, 2.75) is 25.6 Å². The van der Waals surface area contributed by atoms with Crippen molar-refractivity contribution in [1.29, 1.82) is 0 Å². The highest BCUT2D eigenvalue weighted by atomic mass is 32.1. The van der Waals surface area contributed by atoms with Gasteiger partial charge >= 0.3 is 6.18 Å². The van der Waals surface area contributed by atoms with Gasteiger partial charge in [-0.1, -0.05) is 18.3 Å². The van der Waals surface area contributed by atoms with Gasteiger partial charge in [0.15, 0.2) is 5.06 Å². The molecule has 0 spiro atoms. The fourth-order valence-corrected chi connectivity index (χ4v) is 2.94. The topological polar surface area (TPSA) is 48.3 Å². The van der Waals surface area contributed by atoms with E-state index in [0.29, 0.717) is 23.2 Å². The highest BCUT2D eigenvalue weighted by molar-refractivity contribution is 7.17. The van der Waals surface area contributed by atoms with E-state index >= 15 is 0 Å². The first-order valence-corrected chi connectivity index (χ1v) is 8.24. The van der Waals surface area contributed by atoms with Gasteiger partial charge in [-0.25, -0.2) is 0 Å². The molecule has 2 aromatic heterocycles. The Hall–Kier alpha value is -1.58. The average molecular weight is 363 g/mol. The summed E-state index contributed by atoms with van der Waals surface area (Å²) >= 11 is 1.25. The lowest BCUT2D eigenvalue weighted by molar-refractivity contribution is -0.143. The molecule has 1 unspecified atom stereocenters. The largest absolute Gasteiger partial charge is 0.469 e. The number of methoxy groups -OCH3 is 1. The minimum Gasteiger partial charge on any atom is -0.469 e. The van der Waals surface area contributed by atoms with Crippen LogP contribution in [0.15, 0.2) is 18.2 Å². The summed E-state index contributed by atoms with van der Waals surface area (Å²) in [4.78, 5) is 0.624. The highest BCUT2D eigenvalue weighted by Crippen LogP contribution is 2.36. The Balaban J connectivity index is 1.94. The molecular formula is C15H20F3N3O2S. The van der Waals surface area contributed by atoms with Crippen LogP contribution in [0, 0.1) is 0 Å². The lowest BCUT2D eigenvalue weighted by atomic mass is 10.3. The van der Waals surface area contributed by atoms with Gasteiger partial charge in [0.05, 0.1) is 11.0 Å². The van der Waals surface area contributed by atoms with Crippen molar-refractivity contribution < 1.29 is 22.6 Å². The van der Waals surface area contributed by atoms with Crippen LogP contribution in [-0.4, -0.2) is 36.3 Å². The number of hydrogen-bond acceptors (Lipinski definition) is 5. The van der Waals surface area contributed by atoms with Crippen LogP contribution in [0.4, 0.5) is 13.2 Å². The molecule has 2 rings (SSSR count). The van der Waals surface area contributed by atoms with Crippen molar-refractivity contribution in [1.82, 2.24) is 15.1 Å². The molecule has 2 aromatic rings. The van der Waals surface area contributed by atoms with Gasteiger partial charge in [-0.2, -0.15) is 18.3 Å². The van der Waals surface area contributed by atoms with Crippen LogP contribution in [0.1, 0.15) is 19.0 Å². The Labute approximate surface area is 142 Å². The molecule has 0 aromatic carbocycles. The summed E-state index contributed by atoms with van der Waals surface area (Å²) in [5.41, 5.74) is -0.497. The summed E-state index contributed by atoms with van der Waals surface area (Å²) in [6.45, 7) is 3.00. The maximum Gasteiger partial charge on any atom is 0.433 e. The summed E-state index contributed by atoms with van der Waals surface area (Å²) < 4.78 is 50.1. The number of nitrogens with one attached hydrogen (secondary N) is 1. The summed E-state index contributed by atoms with van der Waals surface area (Å²) in [6.07, 6.45) is -3.40. The van der Waals surface area contributed by atoms with Crippen LogP contribution in [-0.2, 0) is 18.0 Å². The smallest absolute Gasteiger partial charge is 0.433 e. The maximum atomic E-state index is 12.8. The van der Waals surface area contributed by atoms with Gasteiger partial charge in [0.2, 0.25) is 0 Å². The summed E-state index contributed by atoms with van der Waals surface area (Å²) in [5, 5.41) is 7.64. The van der Waals surface area contributed by atoms with Crippen molar-refractivity contribution >= 4 is 11.3 Å². The molecule has 0 saturated carbocycles. The van der Waals surface area contributed by atoms with Gasteiger partial charge in [0.1, 0.15) is 18.1 Å². The van der Waals surface area contributed by atoms with E-state index in [0.717, 1.165) is 17.2 Å². The van der Waals surface area contributed by atoms with E-state index in [1.165, 1.54) is 18.4 Å². The molecule has 0 aliphatic rings. The van der Waals surface area contributed by atoms with Gasteiger partial charge in [0, 0.05) is 20.7 Å². The number of aryl methyl sites for hydroxylation is 1. The quantitative estimate of drug-likeness (QED) is 0.576. The molecular weight excluding hydrogens is 343 g/mol. The van der Waals surface area contributed by atoms with E-state index in [1.807, 2.05) is 6.92 Å². The first-order chi connectivity index (χ1) is 11.3. The molecule has 2 heterocycles. The molecule has 0 fully saturated rings. The zero-order chi connectivity index (χ0) is 17.7. The molecule has 9 heteroatoms. The molecule has 0 radical (unpaired) electrons. The third-order valence-corrected chi connectivity index (χ3v) is 4.50. The lowest BCUT2D eigenvalue weighted by Gasteiger charge is -2.13. The predicted octanol–water partition coefficient (Wildman–Crippen LogP) is 3.52. The second kappa shape index (κ2) is 8.00. The zero-order valence-corrected chi connectivity index (χ0v) is 14.5. The van der Waals surface area contributed by atoms with Crippen molar-refractivity contribution in [3.63, 3.8) is 0 Å². The van der Waals surface area contributed by atoms with E-state index in [1.54, 1.807) is 19.2 Å². The molecule has 0 aliphatic heterocycles. The summed E-state index contributed by atoms with van der Waals surface area (Å²) in [5.74, 6) is 0. The Kier molecular flexibility index (Phi) is 6.25. The number of aromatic nitrogens is 2. The molecule has 1 N–H and O–H groups in total. The van der Waals surface area contributed by atoms with Crippen LogP contribution < -0.4 is 10.1 Å². The number of thiophene rings is 1. The standard InChI is InChI=1S/C15H20F3N3O2S/c1-4-10(22-3)8-19-9-23-14-6-5-12(24-14)11-7-13(15(16,17)18)21(2)20-11/h5-7,10,19H,4,8-9H2,1-3H3. The van der Waals surface area contributed by atoms with Gasteiger partial charge in [-0.3, -0.25) is 10.00 Å². The number of halogens is 3. The fraction of sp³-hybridized carbons (Fsp3) is 0.533. The van der Waals surface area contributed by atoms with E-state index < -0.39 is 11.9 Å². The van der Waals surface area contributed by atoms with Gasteiger partial charge in [-0.05, 0) is 24.6 Å². The number of hydrogen-bond donors (Lipinski definition) is 1. The molecule has 5 nitrogen and oxygen atoms in total. The molecule has 134 valence electrons. The number of rotatable bonds is 8. The first-order valence-electron chi connectivity index (χ1n) is 7.43. The third kappa shape index (κ3) is 4.71. The van der Waals surface area contributed by atoms with Crippen LogP contribution >= 0.6 is 11.3 Å². The van der Waals surface area contributed by atoms with Crippen molar-refractivity contribution in [3.8, 4) is 15.6 Å². The molecule has 1 atom stereocenters. The highest BCUT2D eigenvalue weighted by Gasteiger charge is 2.35. The minimum absolute atomic E-state index is 0.127. The van der Waals surface area contributed by atoms with E-state index in [4.69, 9.17) is 9.47 Å². The van der Waals surface area contributed by atoms with Crippen LogP contribution in [0.25, 0.3) is 10.6 Å². The van der Waals surface area contributed by atoms with Gasteiger partial charge in [-0.15, -0.1) is 0 Å². The maximum absolute atomic E-state index is 12.8. The summed E-state index contributed by atoms with van der Waals surface area (Å²) in [7, 11) is 2.94. The van der Waals surface area contributed by atoms with Crippen LogP contribution in [0.2, 0.25) is 0 Å². The first kappa shape index (κ1) is 18.8. The molecule has 24 heavy (non-hydrogen) atoms. The Bertz CT molecular complexity index is 651. The zero-order valence-electron chi connectivity index (χ0n) is 13.7. The van der Waals surface area contributed by atoms with Crippen molar-refractivity contribution in [3.05, 3.63) is 23.9 Å². The fourth-order valence-electron chi connectivity index (χ4n) is 2.12. The van der Waals surface area contributed by atoms with E-state index in [2.05, 4.69) is 10.4 Å². The van der Waals surface area contributed by atoms with Crippen molar-refractivity contribution in [2.24, 2.45) is 7.05 Å². The summed E-state index contributed by atoms with van der Waals surface area (Å²) in [6, 6.07) is 4.46. The Morgan fingerprint density at radius 3 is 2.71 bits per heavy atom. The predicted molar refractivity (Wildman–Crippen MR) is 86.1 cm³/mol. The lowest BCUT2D eigenvalue weighted by Crippen LogP contribution is -2.30. The monoisotopic (exact) mass is 363 g/mol. The van der Waals surface area contributed by atoms with Crippen LogP contribution in [0.5, 0.6) is 5.06 Å². The Morgan fingerprint density at radius 2 is 2.12 bits per heavy atom.